The summed E-state index contributed by atoms with van der Waals surface area (Å²) in [6, 6.07) is 70.8. The van der Waals surface area contributed by atoms with Crippen molar-refractivity contribution >= 4 is 109 Å². The molecule has 13 aromatic rings. The molecule has 0 fully saturated rings. The molecule has 3 heterocycles. The zero-order valence-electron chi connectivity index (χ0n) is 30.8. The summed E-state index contributed by atoms with van der Waals surface area (Å²) in [5.74, 6) is 0. The second-order valence-electron chi connectivity index (χ2n) is 15.2. The zero-order valence-corrected chi connectivity index (χ0v) is 30.8. The van der Waals surface area contributed by atoms with Crippen molar-refractivity contribution in [1.29, 1.82) is 0 Å². The molecular formula is C54H32N2O. The van der Waals surface area contributed by atoms with Crippen molar-refractivity contribution in [2.75, 3.05) is 4.90 Å². The van der Waals surface area contributed by atoms with Gasteiger partial charge in [-0.15, -0.1) is 0 Å². The van der Waals surface area contributed by atoms with Crippen molar-refractivity contribution in [3.8, 4) is 11.1 Å². The van der Waals surface area contributed by atoms with Gasteiger partial charge in [0, 0.05) is 54.9 Å². The molecule has 0 aliphatic carbocycles. The van der Waals surface area contributed by atoms with Gasteiger partial charge in [0.15, 0.2) is 0 Å². The van der Waals surface area contributed by atoms with Crippen molar-refractivity contribution in [3.05, 3.63) is 194 Å². The molecule has 0 aliphatic heterocycles. The highest BCUT2D eigenvalue weighted by Crippen LogP contribution is 2.45. The minimum absolute atomic E-state index is 0.908. The molecule has 0 saturated carbocycles. The summed E-state index contributed by atoms with van der Waals surface area (Å²) in [4.78, 5) is 2.42. The molecule has 10 aromatic carbocycles. The maximum Gasteiger partial charge on any atom is 0.143 e. The first kappa shape index (κ1) is 30.7. The fourth-order valence-electron chi connectivity index (χ4n) is 9.80. The molecule has 0 unspecified atom stereocenters. The lowest BCUT2D eigenvalue weighted by atomic mass is 9.94. The Hall–Kier alpha value is -7.62. The molecule has 0 aliphatic rings. The highest BCUT2D eigenvalue weighted by molar-refractivity contribution is 6.26. The van der Waals surface area contributed by atoms with Crippen molar-refractivity contribution in [1.82, 2.24) is 4.40 Å². The standard InChI is InChI=1S/C54H32N2O/c1-2-13-40-38(11-1)39-12-3-4-14-41(39)49-31-35(27-29-42(40)49)55(34-25-23-33(24-26-34)37-17-9-20-48-45-16-6-8-22-52(45)57-54(37)48)36-28-30-44-47-19-10-18-46-43-15-5-7-21-50(43)56(53(46)47)51(44)32-36/h1-32H. The summed E-state index contributed by atoms with van der Waals surface area (Å²) in [6.45, 7) is 0. The van der Waals surface area contributed by atoms with E-state index in [1.807, 2.05) is 12.1 Å². The van der Waals surface area contributed by atoms with E-state index >= 15 is 0 Å². The molecule has 0 bridgehead atoms. The van der Waals surface area contributed by atoms with E-state index in [1.54, 1.807) is 0 Å². The first-order chi connectivity index (χ1) is 28.3. The van der Waals surface area contributed by atoms with Crippen LogP contribution in [-0.2, 0) is 0 Å². The molecule has 13 rings (SSSR count). The molecule has 3 heteroatoms. The smallest absolute Gasteiger partial charge is 0.143 e. The quantitative estimate of drug-likeness (QED) is 0.169. The van der Waals surface area contributed by atoms with Crippen LogP contribution in [0.5, 0.6) is 0 Å². The predicted molar refractivity (Wildman–Crippen MR) is 241 cm³/mol. The Morgan fingerprint density at radius 2 is 0.842 bits per heavy atom. The zero-order chi connectivity index (χ0) is 37.2. The van der Waals surface area contributed by atoms with E-state index in [1.165, 1.54) is 70.4 Å². The normalized spacial score (nSPS) is 12.2. The minimum Gasteiger partial charge on any atom is -0.455 e. The number of hydrogen-bond donors (Lipinski definition) is 0. The molecule has 0 N–H and O–H groups in total. The van der Waals surface area contributed by atoms with Crippen molar-refractivity contribution in [3.63, 3.8) is 0 Å². The van der Waals surface area contributed by atoms with Crippen LogP contribution < -0.4 is 4.90 Å². The van der Waals surface area contributed by atoms with Gasteiger partial charge in [0.05, 0.1) is 16.6 Å². The lowest BCUT2D eigenvalue weighted by Crippen LogP contribution is -2.10. The van der Waals surface area contributed by atoms with Crippen LogP contribution in [0.15, 0.2) is 199 Å². The first-order valence-corrected chi connectivity index (χ1v) is 19.6. The minimum atomic E-state index is 0.908. The molecule has 0 spiro atoms. The summed E-state index contributed by atoms with van der Waals surface area (Å²) < 4.78 is 8.93. The summed E-state index contributed by atoms with van der Waals surface area (Å²) in [6.07, 6.45) is 0. The maximum absolute atomic E-state index is 6.47. The number of aromatic nitrogens is 1. The molecule has 0 atom stereocenters. The first-order valence-electron chi connectivity index (χ1n) is 19.6. The molecule has 3 nitrogen and oxygen atoms in total. The van der Waals surface area contributed by atoms with Crippen LogP contribution in [0.1, 0.15) is 0 Å². The number of para-hydroxylation sites is 4. The third kappa shape index (κ3) is 4.26. The van der Waals surface area contributed by atoms with E-state index in [4.69, 9.17) is 4.42 Å². The van der Waals surface area contributed by atoms with Crippen LogP contribution in [0.25, 0.3) is 103 Å². The summed E-state index contributed by atoms with van der Waals surface area (Å²) >= 11 is 0. The van der Waals surface area contributed by atoms with Gasteiger partial charge in [-0.1, -0.05) is 146 Å². The fraction of sp³-hybridized carbons (Fsp3) is 0. The SMILES string of the molecule is c1ccc2c(c1)oc1c(-c3ccc(N(c4ccc5c6ccccc6c6ccccc6c5c4)c4ccc5c6cccc7c8ccccc8n(c5c4)c76)cc3)cccc12. The van der Waals surface area contributed by atoms with Crippen molar-refractivity contribution < 1.29 is 4.42 Å². The molecule has 0 saturated heterocycles. The Labute approximate surface area is 327 Å². The van der Waals surface area contributed by atoms with Gasteiger partial charge in [-0.05, 0) is 86.4 Å². The van der Waals surface area contributed by atoms with Gasteiger partial charge in [-0.3, -0.25) is 0 Å². The van der Waals surface area contributed by atoms with Gasteiger partial charge in [-0.2, -0.15) is 0 Å². The third-order valence-electron chi connectivity index (χ3n) is 12.3. The number of rotatable bonds is 4. The van der Waals surface area contributed by atoms with Gasteiger partial charge in [0.2, 0.25) is 0 Å². The molecule has 0 radical (unpaired) electrons. The van der Waals surface area contributed by atoms with E-state index in [9.17, 15) is 0 Å². The number of hydrogen-bond acceptors (Lipinski definition) is 2. The van der Waals surface area contributed by atoms with Crippen LogP contribution in [0.2, 0.25) is 0 Å². The Morgan fingerprint density at radius 1 is 0.333 bits per heavy atom. The molecule has 0 amide bonds. The van der Waals surface area contributed by atoms with E-state index < -0.39 is 0 Å². The second kappa shape index (κ2) is 11.5. The molecule has 3 aromatic heterocycles. The second-order valence-corrected chi connectivity index (χ2v) is 15.2. The Morgan fingerprint density at radius 3 is 1.58 bits per heavy atom. The van der Waals surface area contributed by atoms with Gasteiger partial charge in [0.25, 0.3) is 0 Å². The van der Waals surface area contributed by atoms with Gasteiger partial charge >= 0.3 is 0 Å². The Bertz CT molecular complexity index is 3720. The number of fused-ring (bicyclic) bond motifs is 15. The van der Waals surface area contributed by atoms with Gasteiger partial charge in [0.1, 0.15) is 11.2 Å². The lowest BCUT2D eigenvalue weighted by molar-refractivity contribution is 0.670. The number of nitrogens with zero attached hydrogens (tertiary/aromatic N) is 2. The number of anilines is 3. The number of furan rings is 1. The van der Waals surface area contributed by atoms with Crippen LogP contribution in [-0.4, -0.2) is 4.40 Å². The molecule has 264 valence electrons. The highest BCUT2D eigenvalue weighted by atomic mass is 16.3. The predicted octanol–water partition coefficient (Wildman–Crippen LogP) is 15.3. The van der Waals surface area contributed by atoms with E-state index in [0.29, 0.717) is 0 Å². The topological polar surface area (TPSA) is 20.8 Å². The van der Waals surface area contributed by atoms with Gasteiger partial charge in [-0.25, -0.2) is 0 Å². The molecule has 57 heavy (non-hydrogen) atoms. The average Bonchev–Trinajstić information content (AvgIpc) is 3.94. The Kier molecular flexibility index (Phi) is 6.16. The summed E-state index contributed by atoms with van der Waals surface area (Å²) in [5, 5.41) is 15.0. The Balaban J connectivity index is 1.05. The number of benzene rings is 10. The summed E-state index contributed by atoms with van der Waals surface area (Å²) in [5.41, 5.74) is 11.0. The highest BCUT2D eigenvalue weighted by Gasteiger charge is 2.21. The third-order valence-corrected chi connectivity index (χ3v) is 12.3. The summed E-state index contributed by atoms with van der Waals surface area (Å²) in [7, 11) is 0. The van der Waals surface area contributed by atoms with Crippen molar-refractivity contribution in [2.45, 2.75) is 0 Å². The van der Waals surface area contributed by atoms with Crippen LogP contribution in [0.4, 0.5) is 17.1 Å². The largest absolute Gasteiger partial charge is 0.455 e. The van der Waals surface area contributed by atoms with E-state index in [-0.39, 0.29) is 0 Å². The van der Waals surface area contributed by atoms with Crippen LogP contribution >= 0.6 is 0 Å². The van der Waals surface area contributed by atoms with E-state index in [2.05, 4.69) is 191 Å². The average molecular weight is 725 g/mol. The van der Waals surface area contributed by atoms with Crippen LogP contribution in [0.3, 0.4) is 0 Å². The van der Waals surface area contributed by atoms with Gasteiger partial charge < -0.3 is 13.7 Å². The van der Waals surface area contributed by atoms with Crippen molar-refractivity contribution in [2.24, 2.45) is 0 Å². The fourth-order valence-corrected chi connectivity index (χ4v) is 9.80. The monoisotopic (exact) mass is 724 g/mol. The van der Waals surface area contributed by atoms with Crippen LogP contribution in [0, 0.1) is 0 Å². The molecular weight excluding hydrogens is 693 g/mol. The lowest BCUT2D eigenvalue weighted by Gasteiger charge is -2.26. The van der Waals surface area contributed by atoms with E-state index in [0.717, 1.165) is 50.1 Å². The maximum atomic E-state index is 6.47.